The lowest BCUT2D eigenvalue weighted by molar-refractivity contribution is -0.129. The van der Waals surface area contributed by atoms with Crippen molar-refractivity contribution in [3.63, 3.8) is 0 Å². The Bertz CT molecular complexity index is 705. The molecule has 0 bridgehead atoms. The fourth-order valence-corrected chi connectivity index (χ4v) is 2.03. The van der Waals surface area contributed by atoms with Gasteiger partial charge in [0.15, 0.2) is 0 Å². The van der Waals surface area contributed by atoms with Gasteiger partial charge in [-0.25, -0.2) is 5.48 Å². The number of benzene rings is 1. The molecule has 0 aromatic heterocycles. The maximum atomic E-state index is 11.6. The molecule has 0 aliphatic rings. The minimum Gasteiger partial charge on any atom is -0.380 e. The van der Waals surface area contributed by atoms with Crippen molar-refractivity contribution in [3.8, 4) is 0 Å². The zero-order valence-electron chi connectivity index (χ0n) is 11.9. The smallest absolute Gasteiger partial charge is 0.253 e. The van der Waals surface area contributed by atoms with Gasteiger partial charge in [0.2, 0.25) is 5.91 Å². The Hall–Kier alpha value is -2.67. The number of hydrogen-bond acceptors (Lipinski definition) is 6. The van der Waals surface area contributed by atoms with E-state index in [1.807, 2.05) is 18.2 Å². The summed E-state index contributed by atoms with van der Waals surface area (Å²) >= 11 is 0. The maximum Gasteiger partial charge on any atom is 0.253 e. The lowest BCUT2D eigenvalue weighted by atomic mass is 10.1. The number of unbranched alkanes of at least 4 members (excludes halogenated alkanes) is 1. The van der Waals surface area contributed by atoms with Crippen molar-refractivity contribution >= 4 is 23.0 Å². The summed E-state index contributed by atoms with van der Waals surface area (Å²) < 4.78 is 0. The molecular weight excluding hydrogens is 286 g/mol. The fraction of sp³-hybridized carbons (Fsp3) is 0.267. The average molecular weight is 303 g/mol. The third kappa shape index (κ3) is 3.70. The average Bonchev–Trinajstić information content (AvgIpc) is 2.56. The van der Waals surface area contributed by atoms with Gasteiger partial charge in [-0.15, -0.1) is 0 Å². The highest BCUT2D eigenvalue weighted by Gasteiger charge is 2.20. The summed E-state index contributed by atoms with van der Waals surface area (Å²) in [5.74, 6) is -0.444. The van der Waals surface area contributed by atoms with Crippen LogP contribution in [-0.2, 0) is 4.79 Å². The second-order valence-electron chi connectivity index (χ2n) is 4.82. The molecular formula is C15H17N3O4. The van der Waals surface area contributed by atoms with Crippen molar-refractivity contribution in [2.24, 2.45) is 0 Å². The summed E-state index contributed by atoms with van der Waals surface area (Å²) in [6.07, 6.45) is 1.41. The van der Waals surface area contributed by atoms with Crippen LogP contribution in [-0.4, -0.2) is 17.7 Å². The van der Waals surface area contributed by atoms with Crippen molar-refractivity contribution in [1.29, 1.82) is 0 Å². The molecule has 0 spiro atoms. The van der Waals surface area contributed by atoms with E-state index in [1.165, 1.54) is 0 Å². The minimum atomic E-state index is -0.536. The van der Waals surface area contributed by atoms with Crippen LogP contribution in [0.5, 0.6) is 0 Å². The molecule has 0 unspecified atom stereocenters. The first-order valence-corrected chi connectivity index (χ1v) is 6.95. The Morgan fingerprint density at radius 3 is 2.36 bits per heavy atom. The topological polar surface area (TPSA) is 108 Å². The third-order valence-corrected chi connectivity index (χ3v) is 3.21. The quantitative estimate of drug-likeness (QED) is 0.252. The summed E-state index contributed by atoms with van der Waals surface area (Å²) in [5, 5.41) is 14.2. The molecule has 0 aliphatic carbocycles. The van der Waals surface area contributed by atoms with Crippen LogP contribution >= 0.6 is 0 Å². The van der Waals surface area contributed by atoms with Gasteiger partial charge in [0.05, 0.1) is 0 Å². The molecule has 2 aromatic carbocycles. The minimum absolute atomic E-state index is 0.208. The zero-order chi connectivity index (χ0) is 15.9. The summed E-state index contributed by atoms with van der Waals surface area (Å²) in [6.45, 7) is 0.465. The fourth-order valence-electron chi connectivity index (χ4n) is 2.03. The first-order valence-electron chi connectivity index (χ1n) is 6.95. The number of carbonyl (C=O) groups is 1. The molecule has 2 rings (SSSR count). The number of carbonyl (C=O) groups excluding carboxylic acids is 1. The van der Waals surface area contributed by atoms with Gasteiger partial charge in [0.25, 0.3) is 10.9 Å². The summed E-state index contributed by atoms with van der Waals surface area (Å²) in [7, 11) is 0. The van der Waals surface area contributed by atoms with Gasteiger partial charge < -0.3 is 10.6 Å². The number of nitrogens with one attached hydrogen (secondary N) is 3. The Balaban J connectivity index is 1.87. The first kappa shape index (κ1) is 15.7. The van der Waals surface area contributed by atoms with Gasteiger partial charge in [-0.1, -0.05) is 18.2 Å². The van der Waals surface area contributed by atoms with E-state index < -0.39 is 16.8 Å². The summed E-state index contributed by atoms with van der Waals surface area (Å²) in [4.78, 5) is 34.0. The van der Waals surface area contributed by atoms with Crippen molar-refractivity contribution in [2.75, 3.05) is 17.2 Å². The molecule has 2 aromatic rings. The Labute approximate surface area is 126 Å². The predicted octanol–water partition coefficient (Wildman–Crippen LogP) is 1.11. The molecule has 1 amide bonds. The molecule has 7 nitrogen and oxygen atoms in total. The highest BCUT2D eigenvalue weighted by molar-refractivity contribution is 5.78. The van der Waals surface area contributed by atoms with Crippen LogP contribution in [0.1, 0.15) is 19.3 Å². The highest BCUT2D eigenvalue weighted by atomic mass is 16.5. The molecule has 0 heterocycles. The van der Waals surface area contributed by atoms with E-state index in [0.717, 1.165) is 5.69 Å². The van der Waals surface area contributed by atoms with E-state index >= 15 is 0 Å². The predicted molar refractivity (Wildman–Crippen MR) is 83.3 cm³/mol. The second-order valence-corrected chi connectivity index (χ2v) is 4.82. The Morgan fingerprint density at radius 2 is 1.68 bits per heavy atom. The van der Waals surface area contributed by atoms with Crippen LogP contribution in [0.2, 0.25) is 0 Å². The van der Waals surface area contributed by atoms with E-state index in [9.17, 15) is 14.4 Å². The van der Waals surface area contributed by atoms with Crippen molar-refractivity contribution in [1.82, 2.24) is 5.48 Å². The van der Waals surface area contributed by atoms with E-state index in [-0.39, 0.29) is 17.8 Å². The molecule has 0 aliphatic heterocycles. The number of para-hydroxylation sites is 1. The molecule has 0 saturated heterocycles. The van der Waals surface area contributed by atoms with E-state index in [0.29, 0.717) is 19.4 Å². The van der Waals surface area contributed by atoms with Gasteiger partial charge in [-0.3, -0.25) is 19.6 Å². The van der Waals surface area contributed by atoms with Crippen LogP contribution in [0.4, 0.5) is 17.1 Å². The Kier molecular flexibility index (Phi) is 5.26. The molecule has 116 valence electrons. The molecule has 22 heavy (non-hydrogen) atoms. The van der Waals surface area contributed by atoms with Gasteiger partial charge >= 0.3 is 0 Å². The number of anilines is 3. The highest BCUT2D eigenvalue weighted by Crippen LogP contribution is 2.20. The van der Waals surface area contributed by atoms with Crippen molar-refractivity contribution in [2.45, 2.75) is 19.3 Å². The molecule has 4 N–H and O–H groups in total. The van der Waals surface area contributed by atoms with Gasteiger partial charge in [0, 0.05) is 18.7 Å². The maximum absolute atomic E-state index is 11.6. The number of hydrogen-bond donors (Lipinski definition) is 4. The standard InChI is InChI=1S/C15H17N3O4/c19-11(18-22)8-4-5-9-16-12-13(15(21)14(12)20)17-10-6-2-1-3-7-10/h1-3,6-7,16-17,22H,4-5,8-9H2,(H,18,19). The largest absolute Gasteiger partial charge is 0.380 e. The Morgan fingerprint density at radius 1 is 1.00 bits per heavy atom. The molecule has 0 atom stereocenters. The van der Waals surface area contributed by atoms with Crippen LogP contribution < -0.4 is 27.0 Å². The lowest BCUT2D eigenvalue weighted by Crippen LogP contribution is -2.36. The molecule has 0 fully saturated rings. The van der Waals surface area contributed by atoms with Gasteiger partial charge in [-0.05, 0) is 25.0 Å². The van der Waals surface area contributed by atoms with Crippen LogP contribution in [0, 0.1) is 0 Å². The van der Waals surface area contributed by atoms with Crippen molar-refractivity contribution < 1.29 is 10.0 Å². The molecule has 0 saturated carbocycles. The zero-order valence-corrected chi connectivity index (χ0v) is 11.9. The van der Waals surface area contributed by atoms with Crippen molar-refractivity contribution in [3.05, 3.63) is 50.8 Å². The summed E-state index contributed by atoms with van der Waals surface area (Å²) in [5.41, 5.74) is 1.76. The number of hydroxylamine groups is 1. The molecule has 0 radical (unpaired) electrons. The normalized spacial score (nSPS) is 10.4. The van der Waals surface area contributed by atoms with Gasteiger partial charge in [-0.2, -0.15) is 0 Å². The third-order valence-electron chi connectivity index (χ3n) is 3.21. The van der Waals surface area contributed by atoms with Crippen LogP contribution in [0.3, 0.4) is 0 Å². The van der Waals surface area contributed by atoms with E-state index in [4.69, 9.17) is 5.21 Å². The summed E-state index contributed by atoms with van der Waals surface area (Å²) in [6, 6.07) is 9.11. The van der Waals surface area contributed by atoms with E-state index in [1.54, 1.807) is 17.6 Å². The lowest BCUT2D eigenvalue weighted by Gasteiger charge is -2.14. The second kappa shape index (κ2) is 7.37. The molecule has 7 heteroatoms. The van der Waals surface area contributed by atoms with Crippen LogP contribution in [0.15, 0.2) is 39.9 Å². The number of amides is 1. The van der Waals surface area contributed by atoms with Gasteiger partial charge in [0.1, 0.15) is 11.4 Å². The first-order chi connectivity index (χ1) is 10.6. The van der Waals surface area contributed by atoms with E-state index in [2.05, 4.69) is 10.6 Å². The number of rotatable bonds is 8. The SMILES string of the molecule is O=C(CCCCNc1c(Nc2ccccc2)c(=O)c1=O)NO. The monoisotopic (exact) mass is 303 g/mol. The van der Waals surface area contributed by atoms with Crippen LogP contribution in [0.25, 0.3) is 0 Å².